The van der Waals surface area contributed by atoms with Crippen LogP contribution in [0.2, 0.25) is 0 Å². The molecule has 3 nitrogen and oxygen atoms in total. The molecule has 2 aliphatic rings. The summed E-state index contributed by atoms with van der Waals surface area (Å²) in [5.74, 6) is 0.113. The molecule has 1 fully saturated rings. The number of alkyl halides is 1. The van der Waals surface area contributed by atoms with Crippen LogP contribution in [0.25, 0.3) is 0 Å². The lowest BCUT2D eigenvalue weighted by atomic mass is 10.4. The van der Waals surface area contributed by atoms with Gasteiger partial charge in [-0.3, -0.25) is 9.69 Å². The molecule has 1 saturated heterocycles. The third kappa shape index (κ3) is 1.56. The first kappa shape index (κ1) is 9.60. The van der Waals surface area contributed by atoms with Gasteiger partial charge in [-0.2, -0.15) is 0 Å². The minimum absolute atomic E-state index is 0.0451. The van der Waals surface area contributed by atoms with Gasteiger partial charge in [0.1, 0.15) is 0 Å². The molecule has 1 aliphatic heterocycles. The Balaban J connectivity index is 1.90. The summed E-state index contributed by atoms with van der Waals surface area (Å²) >= 11 is 7.62. The van der Waals surface area contributed by atoms with Gasteiger partial charge in [-0.05, 0) is 19.3 Å². The van der Waals surface area contributed by atoms with Gasteiger partial charge in [-0.25, -0.2) is 4.98 Å². The van der Waals surface area contributed by atoms with E-state index < -0.39 is 0 Å². The second-order valence-electron chi connectivity index (χ2n) is 4.03. The first-order valence-electron chi connectivity index (χ1n) is 5.17. The van der Waals surface area contributed by atoms with Crippen molar-refractivity contribution >= 4 is 34.0 Å². The Labute approximate surface area is 97.1 Å². The Bertz CT molecular complexity index is 396. The highest BCUT2D eigenvalue weighted by atomic mass is 35.5. The Kier molecular flexibility index (Phi) is 2.21. The van der Waals surface area contributed by atoms with Gasteiger partial charge < -0.3 is 0 Å². The van der Waals surface area contributed by atoms with Crippen LogP contribution in [0.4, 0.5) is 5.13 Å². The van der Waals surface area contributed by atoms with Crippen molar-refractivity contribution < 1.29 is 4.79 Å². The minimum Gasteiger partial charge on any atom is -0.287 e. The number of nitrogens with zero attached hydrogens (tertiary/aromatic N) is 2. The molecule has 3 rings (SSSR count). The zero-order valence-electron chi connectivity index (χ0n) is 8.20. The Morgan fingerprint density at radius 3 is 3.00 bits per heavy atom. The Hall–Kier alpha value is -0.610. The summed E-state index contributed by atoms with van der Waals surface area (Å²) in [6, 6.07) is 0. The number of fused-ring (bicyclic) bond motifs is 1. The molecule has 0 saturated carbocycles. The Morgan fingerprint density at radius 1 is 1.47 bits per heavy atom. The van der Waals surface area contributed by atoms with Crippen LogP contribution in [0, 0.1) is 0 Å². The molecular weight excluding hydrogens is 232 g/mol. The molecule has 1 aromatic heterocycles. The molecule has 0 N–H and O–H groups in total. The van der Waals surface area contributed by atoms with Gasteiger partial charge in [0.25, 0.3) is 0 Å². The maximum atomic E-state index is 11.6. The van der Waals surface area contributed by atoms with Gasteiger partial charge in [-0.1, -0.05) is 0 Å². The number of aryl methyl sites for hydroxylation is 2. The minimum atomic E-state index is -0.0451. The maximum Gasteiger partial charge on any atom is 0.230 e. The lowest BCUT2D eigenvalue weighted by molar-refractivity contribution is -0.117. The van der Waals surface area contributed by atoms with Crippen molar-refractivity contribution in [1.82, 2.24) is 4.98 Å². The summed E-state index contributed by atoms with van der Waals surface area (Å²) < 4.78 is 0. The van der Waals surface area contributed by atoms with Crippen molar-refractivity contribution in [2.45, 2.75) is 31.1 Å². The van der Waals surface area contributed by atoms with E-state index in [4.69, 9.17) is 11.6 Å². The van der Waals surface area contributed by atoms with Gasteiger partial charge in [0.2, 0.25) is 5.91 Å². The number of hydrogen-bond donors (Lipinski definition) is 0. The molecule has 0 aromatic carbocycles. The van der Waals surface area contributed by atoms with Crippen molar-refractivity contribution in [1.29, 1.82) is 0 Å². The van der Waals surface area contributed by atoms with E-state index in [1.165, 1.54) is 17.0 Å². The van der Waals surface area contributed by atoms with Crippen molar-refractivity contribution in [2.75, 3.05) is 11.4 Å². The molecule has 5 heteroatoms. The molecule has 0 radical (unpaired) electrons. The highest BCUT2D eigenvalue weighted by Crippen LogP contribution is 2.34. The van der Waals surface area contributed by atoms with E-state index in [0.717, 1.165) is 18.0 Å². The number of halogens is 1. The van der Waals surface area contributed by atoms with Crippen LogP contribution in [0.1, 0.15) is 23.4 Å². The zero-order valence-corrected chi connectivity index (χ0v) is 9.77. The zero-order chi connectivity index (χ0) is 10.4. The number of thiazole rings is 1. The van der Waals surface area contributed by atoms with E-state index in [0.29, 0.717) is 13.0 Å². The second-order valence-corrected chi connectivity index (χ2v) is 5.70. The van der Waals surface area contributed by atoms with Crippen LogP contribution in [0.15, 0.2) is 0 Å². The molecule has 15 heavy (non-hydrogen) atoms. The molecule has 1 atom stereocenters. The number of carbonyl (C=O) groups is 1. The van der Waals surface area contributed by atoms with Gasteiger partial charge in [0, 0.05) is 17.8 Å². The lowest BCUT2D eigenvalue weighted by Crippen LogP contribution is -2.24. The maximum absolute atomic E-state index is 11.6. The summed E-state index contributed by atoms with van der Waals surface area (Å²) in [4.78, 5) is 19.2. The van der Waals surface area contributed by atoms with Crippen LogP contribution in [0.3, 0.4) is 0 Å². The van der Waals surface area contributed by atoms with E-state index in [1.807, 2.05) is 0 Å². The predicted molar refractivity (Wildman–Crippen MR) is 60.8 cm³/mol. The number of anilines is 1. The third-order valence-corrected chi connectivity index (χ3v) is 4.37. The normalized spacial score (nSPS) is 25.0. The molecule has 0 spiro atoms. The van der Waals surface area contributed by atoms with Gasteiger partial charge in [-0.15, -0.1) is 22.9 Å². The highest BCUT2D eigenvalue weighted by Gasteiger charge is 2.32. The fourth-order valence-corrected chi connectivity index (χ4v) is 3.59. The van der Waals surface area contributed by atoms with E-state index in [-0.39, 0.29) is 11.3 Å². The summed E-state index contributed by atoms with van der Waals surface area (Å²) in [5.41, 5.74) is 1.20. The van der Waals surface area contributed by atoms with Gasteiger partial charge in [0.05, 0.1) is 11.1 Å². The average Bonchev–Trinajstić information content (AvgIpc) is 2.77. The molecule has 1 unspecified atom stereocenters. The van der Waals surface area contributed by atoms with Gasteiger partial charge in [0.15, 0.2) is 5.13 Å². The third-order valence-electron chi connectivity index (χ3n) is 2.89. The molecular formula is C10H11ClN2OS. The van der Waals surface area contributed by atoms with E-state index >= 15 is 0 Å². The van der Waals surface area contributed by atoms with Crippen molar-refractivity contribution in [3.05, 3.63) is 10.6 Å². The molecule has 1 aromatic rings. The number of aromatic nitrogens is 1. The van der Waals surface area contributed by atoms with Crippen molar-refractivity contribution in [2.24, 2.45) is 0 Å². The molecule has 1 aliphatic carbocycles. The molecule has 1 amide bonds. The second kappa shape index (κ2) is 3.46. The van der Waals surface area contributed by atoms with Crippen LogP contribution in [0.5, 0.6) is 0 Å². The van der Waals surface area contributed by atoms with Crippen LogP contribution in [-0.4, -0.2) is 22.8 Å². The molecule has 2 heterocycles. The van der Waals surface area contributed by atoms with E-state index in [9.17, 15) is 4.79 Å². The standard InChI is InChI=1S/C10H11ClN2OS/c11-6-4-9(14)13(5-6)10-12-7-2-1-3-8(7)15-10/h6H,1-5H2. The first-order chi connectivity index (χ1) is 7.24. The highest BCUT2D eigenvalue weighted by molar-refractivity contribution is 7.16. The largest absolute Gasteiger partial charge is 0.287 e. The molecule has 0 bridgehead atoms. The first-order valence-corrected chi connectivity index (χ1v) is 6.42. The van der Waals surface area contributed by atoms with Crippen LogP contribution < -0.4 is 4.90 Å². The van der Waals surface area contributed by atoms with E-state index in [1.54, 1.807) is 16.2 Å². The number of hydrogen-bond acceptors (Lipinski definition) is 3. The number of amides is 1. The monoisotopic (exact) mass is 242 g/mol. The fourth-order valence-electron chi connectivity index (χ4n) is 2.14. The topological polar surface area (TPSA) is 33.2 Å². The van der Waals surface area contributed by atoms with E-state index in [2.05, 4.69) is 4.98 Å². The predicted octanol–water partition coefficient (Wildman–Crippen LogP) is 1.98. The van der Waals surface area contributed by atoms with Gasteiger partial charge >= 0.3 is 0 Å². The summed E-state index contributed by atoms with van der Waals surface area (Å²) in [7, 11) is 0. The fraction of sp³-hybridized carbons (Fsp3) is 0.600. The molecule has 80 valence electrons. The number of rotatable bonds is 1. The number of carbonyl (C=O) groups excluding carboxylic acids is 1. The lowest BCUT2D eigenvalue weighted by Gasteiger charge is -2.10. The van der Waals surface area contributed by atoms with Crippen LogP contribution in [-0.2, 0) is 17.6 Å². The average molecular weight is 243 g/mol. The summed E-state index contributed by atoms with van der Waals surface area (Å²) in [6.45, 7) is 0.618. The Morgan fingerprint density at radius 2 is 2.33 bits per heavy atom. The van der Waals surface area contributed by atoms with Crippen LogP contribution >= 0.6 is 22.9 Å². The smallest absolute Gasteiger partial charge is 0.230 e. The quantitative estimate of drug-likeness (QED) is 0.706. The van der Waals surface area contributed by atoms with Crippen molar-refractivity contribution in [3.63, 3.8) is 0 Å². The SMILES string of the molecule is O=C1CC(Cl)CN1c1nc2c(s1)CCC2. The summed E-state index contributed by atoms with van der Waals surface area (Å²) in [6.07, 6.45) is 3.85. The van der Waals surface area contributed by atoms with Crippen molar-refractivity contribution in [3.8, 4) is 0 Å². The summed E-state index contributed by atoms with van der Waals surface area (Å²) in [5, 5.41) is 0.809.